The van der Waals surface area contributed by atoms with E-state index in [0.29, 0.717) is 5.92 Å². The highest BCUT2D eigenvalue weighted by molar-refractivity contribution is 4.95. The van der Waals surface area contributed by atoms with E-state index in [0.717, 1.165) is 31.3 Å². The SMILES string of the molecule is COCC(C)CN(C)C1CC2CCC(C1)N2. The van der Waals surface area contributed by atoms with Gasteiger partial charge in [0.25, 0.3) is 0 Å². The molecule has 0 saturated carbocycles. The van der Waals surface area contributed by atoms with Crippen molar-refractivity contribution in [2.75, 3.05) is 27.3 Å². The van der Waals surface area contributed by atoms with Crippen LogP contribution in [0.25, 0.3) is 0 Å². The quantitative estimate of drug-likeness (QED) is 0.768. The number of nitrogens with one attached hydrogen (secondary N) is 1. The zero-order valence-corrected chi connectivity index (χ0v) is 10.9. The molecule has 2 saturated heterocycles. The number of nitrogens with zero attached hydrogens (tertiary/aromatic N) is 1. The van der Waals surface area contributed by atoms with Gasteiger partial charge in [0, 0.05) is 38.4 Å². The van der Waals surface area contributed by atoms with Crippen molar-refractivity contribution in [3.05, 3.63) is 0 Å². The Balaban J connectivity index is 1.78. The molecule has 3 atom stereocenters. The molecular formula is C13H26N2O. The van der Waals surface area contributed by atoms with Crippen LogP contribution in [-0.4, -0.2) is 50.3 Å². The van der Waals surface area contributed by atoms with Gasteiger partial charge in [-0.15, -0.1) is 0 Å². The van der Waals surface area contributed by atoms with Crippen molar-refractivity contribution < 1.29 is 4.74 Å². The van der Waals surface area contributed by atoms with Crippen LogP contribution in [0, 0.1) is 5.92 Å². The third-order valence-corrected chi connectivity index (χ3v) is 4.12. The molecule has 0 aliphatic carbocycles. The summed E-state index contributed by atoms with van der Waals surface area (Å²) >= 11 is 0. The Labute approximate surface area is 99.5 Å². The van der Waals surface area contributed by atoms with E-state index in [4.69, 9.17) is 4.74 Å². The van der Waals surface area contributed by atoms with Gasteiger partial charge < -0.3 is 15.0 Å². The summed E-state index contributed by atoms with van der Waals surface area (Å²) in [6.45, 7) is 4.32. The van der Waals surface area contributed by atoms with Crippen LogP contribution in [0.5, 0.6) is 0 Å². The van der Waals surface area contributed by atoms with Crippen LogP contribution < -0.4 is 5.32 Å². The van der Waals surface area contributed by atoms with E-state index >= 15 is 0 Å². The fraction of sp³-hybridized carbons (Fsp3) is 1.00. The van der Waals surface area contributed by atoms with Gasteiger partial charge in [0.15, 0.2) is 0 Å². The number of hydrogen-bond donors (Lipinski definition) is 1. The molecule has 0 aromatic rings. The third kappa shape index (κ3) is 2.96. The smallest absolute Gasteiger partial charge is 0.0500 e. The van der Waals surface area contributed by atoms with E-state index in [2.05, 4.69) is 24.2 Å². The summed E-state index contributed by atoms with van der Waals surface area (Å²) in [5.41, 5.74) is 0. The van der Waals surface area contributed by atoms with Gasteiger partial charge in [-0.3, -0.25) is 0 Å². The van der Waals surface area contributed by atoms with Crippen LogP contribution in [0.3, 0.4) is 0 Å². The van der Waals surface area contributed by atoms with Crippen LogP contribution >= 0.6 is 0 Å². The van der Waals surface area contributed by atoms with Crippen molar-refractivity contribution in [3.8, 4) is 0 Å². The van der Waals surface area contributed by atoms with Crippen LogP contribution in [-0.2, 0) is 4.74 Å². The monoisotopic (exact) mass is 226 g/mol. The maximum atomic E-state index is 5.21. The van der Waals surface area contributed by atoms with Gasteiger partial charge >= 0.3 is 0 Å². The Morgan fingerprint density at radius 1 is 1.31 bits per heavy atom. The molecule has 0 amide bonds. The number of hydrogen-bond acceptors (Lipinski definition) is 3. The fourth-order valence-electron chi connectivity index (χ4n) is 3.37. The molecule has 2 bridgehead atoms. The predicted molar refractivity (Wildman–Crippen MR) is 66.6 cm³/mol. The topological polar surface area (TPSA) is 24.5 Å². The summed E-state index contributed by atoms with van der Waals surface area (Å²) in [6, 6.07) is 2.38. The van der Waals surface area contributed by atoms with Gasteiger partial charge in [-0.05, 0) is 38.6 Å². The van der Waals surface area contributed by atoms with E-state index in [9.17, 15) is 0 Å². The highest BCUT2D eigenvalue weighted by atomic mass is 16.5. The standard InChI is InChI=1S/C13H26N2O/c1-10(9-16-3)8-15(2)13-6-11-4-5-12(7-13)14-11/h10-14H,4-9H2,1-3H3. The molecule has 3 heteroatoms. The summed E-state index contributed by atoms with van der Waals surface area (Å²) in [7, 11) is 4.07. The van der Waals surface area contributed by atoms with Crippen molar-refractivity contribution in [3.63, 3.8) is 0 Å². The molecule has 0 aromatic carbocycles. The first kappa shape index (κ1) is 12.3. The molecule has 3 unspecified atom stereocenters. The molecule has 2 aliphatic heterocycles. The Hall–Kier alpha value is -0.120. The molecule has 0 aromatic heterocycles. The summed E-state index contributed by atoms with van der Waals surface area (Å²) in [6.07, 6.45) is 5.46. The maximum Gasteiger partial charge on any atom is 0.0500 e. The van der Waals surface area contributed by atoms with Crippen LogP contribution in [0.15, 0.2) is 0 Å². The predicted octanol–water partition coefficient (Wildman–Crippen LogP) is 1.48. The fourth-order valence-corrected chi connectivity index (χ4v) is 3.37. The average molecular weight is 226 g/mol. The molecule has 16 heavy (non-hydrogen) atoms. The Morgan fingerprint density at radius 3 is 2.50 bits per heavy atom. The van der Waals surface area contributed by atoms with Gasteiger partial charge in [0.05, 0.1) is 0 Å². The lowest BCUT2D eigenvalue weighted by Crippen LogP contribution is -2.48. The van der Waals surface area contributed by atoms with Crippen LogP contribution in [0.1, 0.15) is 32.6 Å². The lowest BCUT2D eigenvalue weighted by molar-refractivity contribution is 0.107. The molecule has 2 heterocycles. The van der Waals surface area contributed by atoms with Gasteiger partial charge in [-0.25, -0.2) is 0 Å². The van der Waals surface area contributed by atoms with Gasteiger partial charge in [0.2, 0.25) is 0 Å². The largest absolute Gasteiger partial charge is 0.384 e. The van der Waals surface area contributed by atoms with Crippen molar-refractivity contribution >= 4 is 0 Å². The minimum atomic E-state index is 0.641. The van der Waals surface area contributed by atoms with Gasteiger partial charge in [-0.2, -0.15) is 0 Å². The van der Waals surface area contributed by atoms with E-state index in [1.807, 2.05) is 0 Å². The molecule has 94 valence electrons. The minimum Gasteiger partial charge on any atom is -0.384 e. The lowest BCUT2D eigenvalue weighted by atomic mass is 9.98. The first-order valence-corrected chi connectivity index (χ1v) is 6.64. The van der Waals surface area contributed by atoms with Gasteiger partial charge in [0.1, 0.15) is 0 Å². The number of fused-ring (bicyclic) bond motifs is 2. The summed E-state index contributed by atoms with van der Waals surface area (Å²) < 4.78 is 5.21. The average Bonchev–Trinajstić information content (AvgIpc) is 2.58. The molecular weight excluding hydrogens is 200 g/mol. The van der Waals surface area contributed by atoms with Crippen LogP contribution in [0.2, 0.25) is 0 Å². The van der Waals surface area contributed by atoms with Gasteiger partial charge in [-0.1, -0.05) is 6.92 Å². The summed E-state index contributed by atoms with van der Waals surface area (Å²) in [5, 5.41) is 3.70. The van der Waals surface area contributed by atoms with Crippen molar-refractivity contribution in [2.24, 2.45) is 5.92 Å². The number of methoxy groups -OCH3 is 1. The maximum absolute atomic E-state index is 5.21. The van der Waals surface area contributed by atoms with Crippen LogP contribution in [0.4, 0.5) is 0 Å². The first-order valence-electron chi connectivity index (χ1n) is 6.64. The number of piperidine rings is 1. The second-order valence-electron chi connectivity index (χ2n) is 5.76. The molecule has 1 N–H and O–H groups in total. The molecule has 2 fully saturated rings. The molecule has 2 aliphatic rings. The molecule has 0 radical (unpaired) electrons. The number of rotatable bonds is 5. The second-order valence-corrected chi connectivity index (χ2v) is 5.76. The minimum absolute atomic E-state index is 0.641. The molecule has 0 spiro atoms. The van der Waals surface area contributed by atoms with E-state index < -0.39 is 0 Å². The second kappa shape index (κ2) is 5.48. The Bertz CT molecular complexity index is 210. The molecule has 2 rings (SSSR count). The normalized spacial score (nSPS) is 35.6. The Morgan fingerprint density at radius 2 is 1.94 bits per heavy atom. The summed E-state index contributed by atoms with van der Waals surface area (Å²) in [5.74, 6) is 0.641. The van der Waals surface area contributed by atoms with E-state index in [-0.39, 0.29) is 0 Å². The number of ether oxygens (including phenoxy) is 1. The third-order valence-electron chi connectivity index (χ3n) is 4.12. The van der Waals surface area contributed by atoms with Crippen molar-refractivity contribution in [2.45, 2.75) is 50.7 Å². The summed E-state index contributed by atoms with van der Waals surface area (Å²) in [4.78, 5) is 2.55. The molecule has 3 nitrogen and oxygen atoms in total. The highest BCUT2D eigenvalue weighted by Crippen LogP contribution is 2.29. The Kier molecular flexibility index (Phi) is 4.22. The van der Waals surface area contributed by atoms with E-state index in [1.54, 1.807) is 7.11 Å². The zero-order valence-electron chi connectivity index (χ0n) is 10.9. The van der Waals surface area contributed by atoms with E-state index in [1.165, 1.54) is 25.7 Å². The van der Waals surface area contributed by atoms with Crippen molar-refractivity contribution in [1.29, 1.82) is 0 Å². The lowest BCUT2D eigenvalue weighted by Gasteiger charge is -2.36. The zero-order chi connectivity index (χ0) is 11.5. The highest BCUT2D eigenvalue weighted by Gasteiger charge is 2.35. The first-order chi connectivity index (χ1) is 7.69. The van der Waals surface area contributed by atoms with Crippen molar-refractivity contribution in [1.82, 2.24) is 10.2 Å².